The number of halogens is 1. The smallest absolute Gasteiger partial charge is 0.325 e. The van der Waals surface area contributed by atoms with Gasteiger partial charge in [-0.25, -0.2) is 14.2 Å². The van der Waals surface area contributed by atoms with Crippen LogP contribution in [0.15, 0.2) is 24.3 Å². The Morgan fingerprint density at radius 1 is 1.26 bits per heavy atom. The number of hydrogen-bond donors (Lipinski definition) is 2. The number of aryl methyl sites for hydroxylation is 3. The Kier molecular flexibility index (Phi) is 6.04. The first-order valence-corrected chi connectivity index (χ1v) is 11.3. The average molecular weight is 445 g/mol. The lowest BCUT2D eigenvalue weighted by Gasteiger charge is -2.22. The summed E-state index contributed by atoms with van der Waals surface area (Å²) in [5.74, 6) is -1.36. The van der Waals surface area contributed by atoms with E-state index in [-0.39, 0.29) is 6.54 Å². The predicted molar refractivity (Wildman–Crippen MR) is 114 cm³/mol. The highest BCUT2D eigenvalue weighted by Crippen LogP contribution is 2.29. The maximum atomic E-state index is 13.2. The lowest BCUT2D eigenvalue weighted by atomic mass is 9.92. The van der Waals surface area contributed by atoms with Crippen molar-refractivity contribution in [2.45, 2.75) is 51.0 Å². The molecule has 2 aromatic rings. The first kappa shape index (κ1) is 21.4. The van der Waals surface area contributed by atoms with E-state index in [0.29, 0.717) is 12.1 Å². The van der Waals surface area contributed by atoms with Gasteiger partial charge in [-0.15, -0.1) is 11.3 Å². The molecule has 1 aliphatic carbocycles. The van der Waals surface area contributed by atoms with Gasteiger partial charge in [0.1, 0.15) is 17.9 Å². The minimum absolute atomic E-state index is 0.354. The summed E-state index contributed by atoms with van der Waals surface area (Å²) in [4.78, 5) is 44.4. The van der Waals surface area contributed by atoms with Crippen LogP contribution in [0, 0.1) is 5.82 Å². The van der Waals surface area contributed by atoms with Gasteiger partial charge in [0.2, 0.25) is 5.91 Å². The minimum atomic E-state index is -1.32. The standard InChI is InChI=1S/C22H25FN4O3S/c1-22(14-8-10-15(23)11-9-14)20(29)27(21(30)26-22)13-18(28)24-12-4-7-19-25-16-5-2-3-6-17(16)31-19/h8-11H,2-7,12-13H2,1H3,(H,24,28)(H,26,30). The monoisotopic (exact) mass is 444 g/mol. The second-order valence-electron chi connectivity index (χ2n) is 8.09. The Labute approximate surface area is 184 Å². The molecule has 2 heterocycles. The zero-order chi connectivity index (χ0) is 22.0. The van der Waals surface area contributed by atoms with Gasteiger partial charge >= 0.3 is 6.03 Å². The number of nitrogens with one attached hydrogen (secondary N) is 2. The Morgan fingerprint density at radius 3 is 2.74 bits per heavy atom. The van der Waals surface area contributed by atoms with Crippen molar-refractivity contribution in [3.8, 4) is 0 Å². The first-order valence-electron chi connectivity index (χ1n) is 10.5. The number of rotatable bonds is 7. The summed E-state index contributed by atoms with van der Waals surface area (Å²) in [7, 11) is 0. The van der Waals surface area contributed by atoms with Gasteiger partial charge in [0, 0.05) is 17.8 Å². The summed E-state index contributed by atoms with van der Waals surface area (Å²) >= 11 is 1.77. The number of urea groups is 1. The second kappa shape index (κ2) is 8.74. The van der Waals surface area contributed by atoms with Crippen molar-refractivity contribution in [1.29, 1.82) is 0 Å². The highest BCUT2D eigenvalue weighted by Gasteiger charge is 2.49. The molecule has 1 fully saturated rings. The number of nitrogens with zero attached hydrogens (tertiary/aromatic N) is 2. The lowest BCUT2D eigenvalue weighted by molar-refractivity contribution is -0.134. The van der Waals surface area contributed by atoms with E-state index in [0.717, 1.165) is 35.6 Å². The van der Waals surface area contributed by atoms with Crippen molar-refractivity contribution >= 4 is 29.2 Å². The summed E-state index contributed by atoms with van der Waals surface area (Å²) in [5, 5.41) is 6.49. The normalized spacial score (nSPS) is 20.5. The predicted octanol–water partition coefficient (Wildman–Crippen LogP) is 2.68. The number of aromatic nitrogens is 1. The van der Waals surface area contributed by atoms with Gasteiger partial charge in [-0.2, -0.15) is 0 Å². The fraction of sp³-hybridized carbons (Fsp3) is 0.455. The molecule has 31 heavy (non-hydrogen) atoms. The second-order valence-corrected chi connectivity index (χ2v) is 9.26. The molecule has 1 atom stereocenters. The van der Waals surface area contributed by atoms with Crippen molar-refractivity contribution in [3.05, 3.63) is 51.2 Å². The maximum Gasteiger partial charge on any atom is 0.325 e. The van der Waals surface area contributed by atoms with Crippen LogP contribution >= 0.6 is 11.3 Å². The Morgan fingerprint density at radius 2 is 2.00 bits per heavy atom. The number of hydrogen-bond acceptors (Lipinski definition) is 5. The average Bonchev–Trinajstić information content (AvgIpc) is 3.26. The molecule has 9 heteroatoms. The van der Waals surface area contributed by atoms with Crippen molar-refractivity contribution < 1.29 is 18.8 Å². The number of carbonyl (C=O) groups excluding carboxylic acids is 3. The van der Waals surface area contributed by atoms with E-state index in [1.165, 1.54) is 47.7 Å². The zero-order valence-corrected chi connectivity index (χ0v) is 18.2. The summed E-state index contributed by atoms with van der Waals surface area (Å²) in [6, 6.07) is 4.73. The van der Waals surface area contributed by atoms with Crippen molar-refractivity contribution in [2.75, 3.05) is 13.1 Å². The molecule has 0 spiro atoms. The molecule has 0 saturated carbocycles. The fourth-order valence-electron chi connectivity index (χ4n) is 4.00. The first-order chi connectivity index (χ1) is 14.9. The van der Waals surface area contributed by atoms with E-state index >= 15 is 0 Å². The quantitative estimate of drug-likeness (QED) is 0.507. The number of carbonyl (C=O) groups is 3. The third-order valence-corrected chi connectivity index (χ3v) is 6.99. The van der Waals surface area contributed by atoms with Crippen LogP contribution in [-0.2, 0) is 34.4 Å². The maximum absolute atomic E-state index is 13.2. The van der Waals surface area contributed by atoms with Crippen LogP contribution in [0.2, 0.25) is 0 Å². The Hall–Kier alpha value is -2.81. The van der Waals surface area contributed by atoms with Crippen LogP contribution in [0.5, 0.6) is 0 Å². The van der Waals surface area contributed by atoms with E-state index < -0.39 is 29.2 Å². The Balaban J connectivity index is 1.27. The minimum Gasteiger partial charge on any atom is -0.355 e. The SMILES string of the molecule is CC1(c2ccc(F)cc2)NC(=O)N(CC(=O)NCCCc2nc3c(s2)CCCC3)C1=O. The molecular weight excluding hydrogens is 419 g/mol. The molecule has 0 radical (unpaired) electrons. The molecule has 1 aromatic heterocycles. The molecule has 164 valence electrons. The van der Waals surface area contributed by atoms with Crippen LogP contribution in [-0.4, -0.2) is 40.8 Å². The van der Waals surface area contributed by atoms with Crippen LogP contribution in [0.1, 0.15) is 47.3 Å². The molecule has 4 rings (SSSR count). The fourth-order valence-corrected chi connectivity index (χ4v) is 5.20. The van der Waals surface area contributed by atoms with E-state index in [9.17, 15) is 18.8 Å². The molecular formula is C22H25FN4O3S. The van der Waals surface area contributed by atoms with Gasteiger partial charge < -0.3 is 10.6 Å². The lowest BCUT2D eigenvalue weighted by Crippen LogP contribution is -2.43. The van der Waals surface area contributed by atoms with Crippen LogP contribution in [0.3, 0.4) is 0 Å². The van der Waals surface area contributed by atoms with E-state index in [1.807, 2.05) is 0 Å². The van der Waals surface area contributed by atoms with E-state index in [2.05, 4.69) is 10.6 Å². The highest BCUT2D eigenvalue weighted by molar-refractivity contribution is 7.11. The molecule has 1 unspecified atom stereocenters. The summed E-state index contributed by atoms with van der Waals surface area (Å²) in [5.41, 5.74) is 0.369. The summed E-state index contributed by atoms with van der Waals surface area (Å²) < 4.78 is 13.2. The number of fused-ring (bicyclic) bond motifs is 1. The van der Waals surface area contributed by atoms with Crippen molar-refractivity contribution in [1.82, 2.24) is 20.5 Å². The van der Waals surface area contributed by atoms with Gasteiger partial charge in [-0.3, -0.25) is 14.5 Å². The zero-order valence-electron chi connectivity index (χ0n) is 17.4. The molecule has 2 N–H and O–H groups in total. The summed E-state index contributed by atoms with van der Waals surface area (Å²) in [6.07, 6.45) is 6.15. The van der Waals surface area contributed by atoms with Gasteiger partial charge in [0.25, 0.3) is 5.91 Å². The van der Waals surface area contributed by atoms with Crippen molar-refractivity contribution in [2.24, 2.45) is 0 Å². The van der Waals surface area contributed by atoms with Crippen LogP contribution < -0.4 is 10.6 Å². The largest absolute Gasteiger partial charge is 0.355 e. The molecule has 2 aliphatic rings. The molecule has 1 saturated heterocycles. The van der Waals surface area contributed by atoms with Crippen LogP contribution in [0.25, 0.3) is 0 Å². The molecule has 4 amide bonds. The van der Waals surface area contributed by atoms with Gasteiger partial charge in [-0.1, -0.05) is 12.1 Å². The van der Waals surface area contributed by atoms with E-state index in [1.54, 1.807) is 18.3 Å². The van der Waals surface area contributed by atoms with Crippen LogP contribution in [0.4, 0.5) is 9.18 Å². The third kappa shape index (κ3) is 4.46. The van der Waals surface area contributed by atoms with Gasteiger partial charge in [0.15, 0.2) is 0 Å². The molecule has 1 aliphatic heterocycles. The number of benzene rings is 1. The number of imide groups is 1. The highest BCUT2D eigenvalue weighted by atomic mass is 32.1. The van der Waals surface area contributed by atoms with Crippen molar-refractivity contribution in [3.63, 3.8) is 0 Å². The summed E-state index contributed by atoms with van der Waals surface area (Å²) in [6.45, 7) is 1.64. The van der Waals surface area contributed by atoms with Gasteiger partial charge in [-0.05, 0) is 56.7 Å². The molecule has 1 aromatic carbocycles. The molecule has 0 bridgehead atoms. The Bertz CT molecular complexity index is 983. The van der Waals surface area contributed by atoms with E-state index in [4.69, 9.17) is 4.98 Å². The number of amides is 4. The van der Waals surface area contributed by atoms with Gasteiger partial charge in [0.05, 0.1) is 10.7 Å². The topological polar surface area (TPSA) is 91.4 Å². The third-order valence-electron chi connectivity index (χ3n) is 5.78. The number of thiazole rings is 1. The molecule has 7 nitrogen and oxygen atoms in total.